The van der Waals surface area contributed by atoms with Crippen LogP contribution in [0.4, 0.5) is 5.69 Å². The lowest BCUT2D eigenvalue weighted by Crippen LogP contribution is -2.40. The molecule has 1 aliphatic heterocycles. The van der Waals surface area contributed by atoms with E-state index >= 15 is 0 Å². The SMILES string of the molecule is CC(=O)c1cc(CCC(=O)Nc2ccc(C)c(S(=O)(=O)N3CCOCC3)c2)oc1C. The molecule has 2 aromatic rings. The van der Waals surface area contributed by atoms with E-state index in [1.54, 1.807) is 32.0 Å². The average molecular weight is 435 g/mol. The molecule has 0 aliphatic carbocycles. The van der Waals surface area contributed by atoms with Crippen LogP contribution in [-0.4, -0.2) is 50.7 Å². The van der Waals surface area contributed by atoms with Crippen molar-refractivity contribution < 1.29 is 27.2 Å². The van der Waals surface area contributed by atoms with E-state index in [-0.39, 0.29) is 23.0 Å². The molecule has 0 unspecified atom stereocenters. The second-order valence-electron chi connectivity index (χ2n) is 7.28. The number of carbonyl (C=O) groups excluding carboxylic acids is 2. The van der Waals surface area contributed by atoms with E-state index in [4.69, 9.17) is 9.15 Å². The largest absolute Gasteiger partial charge is 0.466 e. The molecule has 162 valence electrons. The summed E-state index contributed by atoms with van der Waals surface area (Å²) in [6, 6.07) is 6.50. The van der Waals surface area contributed by atoms with Crippen LogP contribution < -0.4 is 5.32 Å². The summed E-state index contributed by atoms with van der Waals surface area (Å²) < 4.78 is 38.1. The van der Waals surface area contributed by atoms with E-state index in [9.17, 15) is 18.0 Å². The van der Waals surface area contributed by atoms with Crippen LogP contribution >= 0.6 is 0 Å². The van der Waals surface area contributed by atoms with Gasteiger partial charge in [-0.25, -0.2) is 8.42 Å². The summed E-state index contributed by atoms with van der Waals surface area (Å²) in [6.07, 6.45) is 0.481. The third-order valence-electron chi connectivity index (χ3n) is 5.01. The van der Waals surface area contributed by atoms with Crippen molar-refractivity contribution in [2.45, 2.75) is 38.5 Å². The first-order chi connectivity index (χ1) is 14.2. The molecule has 0 spiro atoms. The Balaban J connectivity index is 1.68. The lowest BCUT2D eigenvalue weighted by atomic mass is 10.1. The maximum Gasteiger partial charge on any atom is 0.243 e. The number of sulfonamides is 1. The van der Waals surface area contributed by atoms with Crippen LogP contribution in [0, 0.1) is 13.8 Å². The Morgan fingerprint density at radius 2 is 1.83 bits per heavy atom. The van der Waals surface area contributed by atoms with Gasteiger partial charge >= 0.3 is 0 Å². The molecule has 1 aromatic heterocycles. The normalized spacial score (nSPS) is 15.2. The van der Waals surface area contributed by atoms with Crippen LogP contribution in [0.1, 0.15) is 40.8 Å². The molecule has 1 fully saturated rings. The van der Waals surface area contributed by atoms with Gasteiger partial charge in [-0.1, -0.05) is 6.07 Å². The van der Waals surface area contributed by atoms with Gasteiger partial charge in [-0.15, -0.1) is 0 Å². The summed E-state index contributed by atoms with van der Waals surface area (Å²) in [5.74, 6) is 0.745. The summed E-state index contributed by atoms with van der Waals surface area (Å²) in [7, 11) is -3.66. The summed E-state index contributed by atoms with van der Waals surface area (Å²) in [6.45, 7) is 6.26. The Morgan fingerprint density at radius 3 is 2.47 bits per heavy atom. The number of ketones is 1. The molecule has 1 aromatic carbocycles. The van der Waals surface area contributed by atoms with Crippen LogP contribution in [0.15, 0.2) is 33.6 Å². The van der Waals surface area contributed by atoms with Crippen molar-refractivity contribution in [1.29, 1.82) is 0 Å². The molecule has 0 radical (unpaired) electrons. The van der Waals surface area contributed by atoms with Gasteiger partial charge in [0.05, 0.1) is 23.7 Å². The Bertz CT molecular complexity index is 1050. The van der Waals surface area contributed by atoms with Gasteiger partial charge in [0.25, 0.3) is 0 Å². The van der Waals surface area contributed by atoms with Gasteiger partial charge in [0.2, 0.25) is 15.9 Å². The Kier molecular flexibility index (Phi) is 6.74. The van der Waals surface area contributed by atoms with Gasteiger partial charge < -0.3 is 14.5 Å². The second-order valence-corrected chi connectivity index (χ2v) is 9.19. The fraction of sp³-hybridized carbons (Fsp3) is 0.429. The van der Waals surface area contributed by atoms with Crippen LogP contribution in [-0.2, 0) is 26.0 Å². The lowest BCUT2D eigenvalue weighted by molar-refractivity contribution is -0.116. The predicted octanol–water partition coefficient (Wildman–Crippen LogP) is 2.69. The third kappa shape index (κ3) is 4.97. The predicted molar refractivity (Wildman–Crippen MR) is 111 cm³/mol. The van der Waals surface area contributed by atoms with Gasteiger partial charge in [-0.3, -0.25) is 9.59 Å². The maximum absolute atomic E-state index is 13.0. The van der Waals surface area contributed by atoms with Gasteiger partial charge in [0.15, 0.2) is 5.78 Å². The van der Waals surface area contributed by atoms with E-state index in [0.29, 0.717) is 61.1 Å². The first kappa shape index (κ1) is 22.2. The number of rotatable bonds is 7. The first-order valence-corrected chi connectivity index (χ1v) is 11.2. The van der Waals surface area contributed by atoms with Crippen molar-refractivity contribution in [2.24, 2.45) is 0 Å². The van der Waals surface area contributed by atoms with Gasteiger partial charge in [-0.2, -0.15) is 4.31 Å². The number of benzene rings is 1. The van der Waals surface area contributed by atoms with Crippen molar-refractivity contribution in [3.8, 4) is 0 Å². The quantitative estimate of drug-likeness (QED) is 0.672. The average Bonchev–Trinajstić information content (AvgIpc) is 3.09. The zero-order chi connectivity index (χ0) is 21.9. The molecule has 1 aliphatic rings. The lowest BCUT2D eigenvalue weighted by Gasteiger charge is -2.26. The molecule has 0 saturated carbocycles. The number of carbonyl (C=O) groups is 2. The van der Waals surface area contributed by atoms with Gasteiger partial charge in [0.1, 0.15) is 11.5 Å². The number of amides is 1. The first-order valence-electron chi connectivity index (χ1n) is 9.77. The summed E-state index contributed by atoms with van der Waals surface area (Å²) in [5.41, 5.74) is 1.54. The summed E-state index contributed by atoms with van der Waals surface area (Å²) >= 11 is 0. The number of nitrogens with one attached hydrogen (secondary N) is 1. The van der Waals surface area contributed by atoms with E-state index < -0.39 is 10.0 Å². The Labute approximate surface area is 176 Å². The zero-order valence-corrected chi connectivity index (χ0v) is 18.2. The topological polar surface area (TPSA) is 106 Å². The third-order valence-corrected chi connectivity index (χ3v) is 7.05. The number of hydrogen-bond acceptors (Lipinski definition) is 6. The molecule has 0 atom stereocenters. The van der Waals surface area contributed by atoms with E-state index in [2.05, 4.69) is 5.32 Å². The fourth-order valence-corrected chi connectivity index (χ4v) is 5.02. The minimum absolute atomic E-state index is 0.0828. The molecular formula is C21H26N2O6S. The minimum atomic E-state index is -3.66. The minimum Gasteiger partial charge on any atom is -0.466 e. The molecule has 2 heterocycles. The highest BCUT2D eigenvalue weighted by molar-refractivity contribution is 7.89. The zero-order valence-electron chi connectivity index (χ0n) is 17.4. The molecule has 0 bridgehead atoms. The van der Waals surface area contributed by atoms with Crippen molar-refractivity contribution in [3.05, 3.63) is 46.9 Å². The number of Topliss-reactive ketones (excluding diaryl/α,β-unsaturated/α-hetero) is 1. The number of furan rings is 1. The van der Waals surface area contributed by atoms with E-state index in [0.717, 1.165) is 0 Å². The second kappa shape index (κ2) is 9.11. The van der Waals surface area contributed by atoms with Crippen LogP contribution in [0.25, 0.3) is 0 Å². The molecule has 3 rings (SSSR count). The van der Waals surface area contributed by atoms with E-state index in [1.165, 1.54) is 17.3 Å². The number of hydrogen-bond donors (Lipinski definition) is 1. The standard InChI is InChI=1S/C21H26N2O6S/c1-14-4-5-17(12-20(14)30(26,27)23-8-10-28-11-9-23)22-21(25)7-6-18-13-19(15(2)24)16(3)29-18/h4-5,12-13H,6-11H2,1-3H3,(H,22,25). The van der Waals surface area contributed by atoms with Gasteiger partial charge in [-0.05, 0) is 44.5 Å². The molecular weight excluding hydrogens is 408 g/mol. The van der Waals surface area contributed by atoms with E-state index in [1.807, 2.05) is 0 Å². The summed E-state index contributed by atoms with van der Waals surface area (Å²) in [5, 5.41) is 2.74. The fourth-order valence-electron chi connectivity index (χ4n) is 3.36. The molecule has 9 heteroatoms. The number of aryl methyl sites for hydroxylation is 3. The highest BCUT2D eigenvalue weighted by Gasteiger charge is 2.28. The number of anilines is 1. The summed E-state index contributed by atoms with van der Waals surface area (Å²) in [4.78, 5) is 24.1. The molecule has 1 N–H and O–H groups in total. The Hall–Kier alpha value is -2.49. The van der Waals surface area contributed by atoms with Gasteiger partial charge in [0, 0.05) is 31.6 Å². The monoisotopic (exact) mass is 434 g/mol. The highest BCUT2D eigenvalue weighted by atomic mass is 32.2. The van der Waals surface area contributed by atoms with Crippen LogP contribution in [0.5, 0.6) is 0 Å². The van der Waals surface area contributed by atoms with Crippen molar-refractivity contribution in [2.75, 3.05) is 31.6 Å². The maximum atomic E-state index is 13.0. The molecule has 1 amide bonds. The molecule has 30 heavy (non-hydrogen) atoms. The number of nitrogens with zero attached hydrogens (tertiary/aromatic N) is 1. The molecule has 8 nitrogen and oxygen atoms in total. The van der Waals surface area contributed by atoms with Crippen molar-refractivity contribution >= 4 is 27.4 Å². The number of morpholine rings is 1. The van der Waals surface area contributed by atoms with Crippen molar-refractivity contribution in [3.63, 3.8) is 0 Å². The van der Waals surface area contributed by atoms with Crippen LogP contribution in [0.3, 0.4) is 0 Å². The Morgan fingerprint density at radius 1 is 1.13 bits per heavy atom. The molecule has 1 saturated heterocycles. The van der Waals surface area contributed by atoms with Crippen molar-refractivity contribution in [1.82, 2.24) is 4.31 Å². The smallest absolute Gasteiger partial charge is 0.243 e. The highest BCUT2D eigenvalue weighted by Crippen LogP contribution is 2.25. The number of ether oxygens (including phenoxy) is 1. The van der Waals surface area contributed by atoms with Crippen LogP contribution in [0.2, 0.25) is 0 Å².